The molecule has 15 heavy (non-hydrogen) atoms. The highest BCUT2D eigenvalue weighted by Gasteiger charge is 2.06. The Balaban J connectivity index is 2.99. The zero-order valence-corrected chi connectivity index (χ0v) is 8.17. The van der Waals surface area contributed by atoms with Crippen molar-refractivity contribution in [1.82, 2.24) is 4.98 Å². The number of H-pyrrole nitrogens is 1. The van der Waals surface area contributed by atoms with Crippen LogP contribution in [0.15, 0.2) is 29.1 Å². The molecule has 0 amide bonds. The smallest absolute Gasteiger partial charge is 0.249 e. The van der Waals surface area contributed by atoms with E-state index in [1.165, 1.54) is 0 Å². The molecule has 0 unspecified atom stereocenters. The molecule has 5 heteroatoms. The van der Waals surface area contributed by atoms with E-state index in [1.807, 2.05) is 0 Å². The fourth-order valence-corrected chi connectivity index (χ4v) is 1.63. The van der Waals surface area contributed by atoms with E-state index in [0.717, 1.165) is 6.07 Å². The zero-order valence-electron chi connectivity index (χ0n) is 7.41. The van der Waals surface area contributed by atoms with E-state index in [4.69, 9.17) is 11.6 Å². The van der Waals surface area contributed by atoms with Gasteiger partial charge >= 0.3 is 0 Å². The van der Waals surface area contributed by atoms with Crippen molar-refractivity contribution in [2.24, 2.45) is 0 Å². The van der Waals surface area contributed by atoms with Crippen LogP contribution in [0.3, 0.4) is 0 Å². The van der Waals surface area contributed by atoms with Crippen molar-refractivity contribution < 1.29 is 9.90 Å². The first-order valence-electron chi connectivity index (χ1n) is 4.12. The number of hydrogen-bond donors (Lipinski definition) is 1. The molecule has 1 N–H and O–H groups in total. The van der Waals surface area contributed by atoms with Gasteiger partial charge in [-0.3, -0.25) is 4.79 Å². The molecule has 0 atom stereocenters. The number of nitrogens with one attached hydrogen (secondary N) is 1. The number of aromatic nitrogens is 1. The van der Waals surface area contributed by atoms with Crippen molar-refractivity contribution in [3.8, 4) is 0 Å². The second kappa shape index (κ2) is 3.40. The number of para-hydroxylation sites is 1. The molecule has 4 nitrogen and oxygen atoms in total. The van der Waals surface area contributed by atoms with Crippen molar-refractivity contribution in [2.75, 3.05) is 0 Å². The number of carbonyl (C=O) groups excluding carboxylic acids is 1. The predicted molar refractivity (Wildman–Crippen MR) is 53.9 cm³/mol. The molecule has 0 aliphatic carbocycles. The second-order valence-electron chi connectivity index (χ2n) is 3.00. The molecule has 0 aliphatic heterocycles. The summed E-state index contributed by atoms with van der Waals surface area (Å²) in [6.07, 6.45) is 0. The van der Waals surface area contributed by atoms with Crippen LogP contribution >= 0.6 is 11.6 Å². The van der Waals surface area contributed by atoms with Gasteiger partial charge in [-0.05, 0) is 6.07 Å². The molecule has 0 spiro atoms. The predicted octanol–water partition coefficient (Wildman–Crippen LogP) is 0.545. The Hall–Kier alpha value is -1.81. The van der Waals surface area contributed by atoms with Gasteiger partial charge in [-0.25, -0.2) is 0 Å². The third-order valence-corrected chi connectivity index (χ3v) is 2.36. The molecule has 0 radical (unpaired) electrons. The van der Waals surface area contributed by atoms with Crippen molar-refractivity contribution in [3.05, 3.63) is 45.2 Å². The summed E-state index contributed by atoms with van der Waals surface area (Å²) in [4.78, 5) is 24.4. The van der Waals surface area contributed by atoms with E-state index >= 15 is 0 Å². The Morgan fingerprint density at radius 3 is 2.80 bits per heavy atom. The number of benzene rings is 1. The topological polar surface area (TPSA) is 73.0 Å². The fraction of sp³-hybridized carbons (Fsp3) is 0. The number of hydrogen-bond acceptors (Lipinski definition) is 3. The van der Waals surface area contributed by atoms with Crippen molar-refractivity contribution in [2.45, 2.75) is 0 Å². The molecule has 0 fully saturated rings. The second-order valence-corrected chi connectivity index (χ2v) is 3.40. The first-order chi connectivity index (χ1) is 7.09. The zero-order chi connectivity index (χ0) is 11.0. The monoisotopic (exact) mass is 222 g/mol. The van der Waals surface area contributed by atoms with E-state index in [1.54, 1.807) is 18.2 Å². The fourth-order valence-electron chi connectivity index (χ4n) is 1.41. The lowest BCUT2D eigenvalue weighted by Gasteiger charge is -2.07. The van der Waals surface area contributed by atoms with Gasteiger partial charge in [-0.1, -0.05) is 23.7 Å². The number of pyridine rings is 1. The Labute approximate surface area is 89.1 Å². The summed E-state index contributed by atoms with van der Waals surface area (Å²) in [6, 6.07) is 5.71. The molecule has 2 rings (SSSR count). The summed E-state index contributed by atoms with van der Waals surface area (Å²) in [5, 5.41) is 11.4. The minimum atomic E-state index is -1.40. The molecule has 1 aromatic carbocycles. The highest BCUT2D eigenvalue weighted by Crippen LogP contribution is 2.22. The average molecular weight is 223 g/mol. The first kappa shape index (κ1) is 9.73. The summed E-state index contributed by atoms with van der Waals surface area (Å²) >= 11 is 5.82. The Morgan fingerprint density at radius 2 is 2.13 bits per heavy atom. The molecule has 0 saturated heterocycles. The maximum atomic E-state index is 11.2. The highest BCUT2D eigenvalue weighted by atomic mass is 35.5. The lowest BCUT2D eigenvalue weighted by Crippen LogP contribution is -2.24. The summed E-state index contributed by atoms with van der Waals surface area (Å²) in [6.45, 7) is 0. The molecular formula is C10H5ClNO3-. The molecular weight excluding hydrogens is 218 g/mol. The van der Waals surface area contributed by atoms with E-state index in [9.17, 15) is 14.7 Å². The number of carboxylic acid groups (broad SMARTS) is 1. The van der Waals surface area contributed by atoms with Gasteiger partial charge in [0.25, 0.3) is 0 Å². The van der Waals surface area contributed by atoms with Crippen molar-refractivity contribution in [1.29, 1.82) is 0 Å². The molecule has 0 aliphatic rings. The lowest BCUT2D eigenvalue weighted by molar-refractivity contribution is -0.254. The van der Waals surface area contributed by atoms with Gasteiger partial charge < -0.3 is 14.9 Å². The molecule has 1 aromatic heterocycles. The summed E-state index contributed by atoms with van der Waals surface area (Å²) in [5.41, 5.74) is -0.364. The van der Waals surface area contributed by atoms with Gasteiger partial charge in [-0.15, -0.1) is 0 Å². The van der Waals surface area contributed by atoms with Crippen LogP contribution in [0.4, 0.5) is 0 Å². The average Bonchev–Trinajstić information content (AvgIpc) is 2.18. The summed E-state index contributed by atoms with van der Waals surface area (Å²) < 4.78 is 0. The maximum absolute atomic E-state index is 11.2. The van der Waals surface area contributed by atoms with Crippen molar-refractivity contribution in [3.63, 3.8) is 0 Å². The number of aromatic amines is 1. The van der Waals surface area contributed by atoms with E-state index in [2.05, 4.69) is 4.98 Å². The molecule has 1 heterocycles. The number of fused-ring (bicyclic) bond motifs is 1. The van der Waals surface area contributed by atoms with Crippen LogP contribution in [-0.4, -0.2) is 11.0 Å². The van der Waals surface area contributed by atoms with Gasteiger partial charge in [0.05, 0.1) is 16.5 Å². The van der Waals surface area contributed by atoms with Gasteiger partial charge in [0.2, 0.25) is 5.56 Å². The van der Waals surface area contributed by atoms with Crippen LogP contribution in [-0.2, 0) is 0 Å². The standard InChI is InChI=1S/C10H6ClNO3/c11-7-3-1-2-5-6(10(14)15)4-8(13)12-9(5)7/h1-4H,(H,12,13)(H,14,15)/p-1. The quantitative estimate of drug-likeness (QED) is 0.766. The maximum Gasteiger partial charge on any atom is 0.249 e. The van der Waals surface area contributed by atoms with Gasteiger partial charge in [0, 0.05) is 17.0 Å². The van der Waals surface area contributed by atoms with Crippen LogP contribution in [0.2, 0.25) is 5.02 Å². The van der Waals surface area contributed by atoms with Crippen LogP contribution in [0.1, 0.15) is 10.4 Å². The highest BCUT2D eigenvalue weighted by molar-refractivity contribution is 6.35. The first-order valence-corrected chi connectivity index (χ1v) is 4.50. The Bertz CT molecular complexity index is 603. The summed E-state index contributed by atoms with van der Waals surface area (Å²) in [5.74, 6) is -1.40. The van der Waals surface area contributed by atoms with Gasteiger partial charge in [0.15, 0.2) is 0 Å². The third kappa shape index (κ3) is 1.59. The normalized spacial score (nSPS) is 10.5. The Kier molecular flexibility index (Phi) is 2.21. The number of carboxylic acids is 1. The third-order valence-electron chi connectivity index (χ3n) is 2.05. The molecule has 0 bridgehead atoms. The largest absolute Gasteiger partial charge is 0.545 e. The van der Waals surface area contributed by atoms with E-state index in [0.29, 0.717) is 15.9 Å². The molecule has 76 valence electrons. The number of rotatable bonds is 1. The number of aromatic carboxylic acids is 1. The minimum absolute atomic E-state index is 0.156. The van der Waals surface area contributed by atoms with Crippen molar-refractivity contribution >= 4 is 28.5 Å². The van der Waals surface area contributed by atoms with E-state index < -0.39 is 11.5 Å². The molecule has 0 saturated carbocycles. The number of carbonyl (C=O) groups is 1. The Morgan fingerprint density at radius 1 is 1.40 bits per heavy atom. The SMILES string of the molecule is O=C([O-])c1cc(=O)[nH]c2c(Cl)cccc12. The van der Waals surface area contributed by atoms with Crippen LogP contribution in [0, 0.1) is 0 Å². The lowest BCUT2D eigenvalue weighted by atomic mass is 10.1. The minimum Gasteiger partial charge on any atom is -0.545 e. The van der Waals surface area contributed by atoms with Crippen LogP contribution in [0.5, 0.6) is 0 Å². The van der Waals surface area contributed by atoms with Crippen LogP contribution in [0.25, 0.3) is 10.9 Å². The molecule has 2 aromatic rings. The van der Waals surface area contributed by atoms with Crippen LogP contribution < -0.4 is 10.7 Å². The summed E-state index contributed by atoms with van der Waals surface area (Å²) in [7, 11) is 0. The van der Waals surface area contributed by atoms with Gasteiger partial charge in [0.1, 0.15) is 0 Å². The number of halogens is 1. The van der Waals surface area contributed by atoms with Gasteiger partial charge in [-0.2, -0.15) is 0 Å². The van der Waals surface area contributed by atoms with E-state index in [-0.39, 0.29) is 5.56 Å².